The third kappa shape index (κ3) is 6.81. The highest BCUT2D eigenvalue weighted by atomic mass is 35.5. The molecular weight excluding hydrogens is 646 g/mol. The second-order valence-corrected chi connectivity index (χ2v) is 13.6. The van der Waals surface area contributed by atoms with E-state index in [9.17, 15) is 17.6 Å². The van der Waals surface area contributed by atoms with Crippen LogP contribution in [-0.4, -0.2) is 32.3 Å². The third-order valence-electron chi connectivity index (χ3n) is 7.85. The molecule has 2 atom stereocenters. The topological polar surface area (TPSA) is 66.9 Å². The van der Waals surface area contributed by atoms with E-state index in [4.69, 9.17) is 27.9 Å². The van der Waals surface area contributed by atoms with Crippen LogP contribution in [0.4, 0.5) is 10.1 Å². The van der Waals surface area contributed by atoms with Crippen LogP contribution in [0, 0.1) is 5.82 Å². The van der Waals surface area contributed by atoms with Crippen molar-refractivity contribution in [1.82, 2.24) is 4.90 Å². The Balaban J connectivity index is 1.36. The number of carbonyl (C=O) groups is 1. The molecule has 5 aromatic rings. The molecule has 0 saturated carbocycles. The van der Waals surface area contributed by atoms with Gasteiger partial charge in [-0.1, -0.05) is 108 Å². The van der Waals surface area contributed by atoms with Gasteiger partial charge in [0.05, 0.1) is 45.8 Å². The van der Waals surface area contributed by atoms with Gasteiger partial charge in [-0.3, -0.25) is 9.10 Å². The van der Waals surface area contributed by atoms with Crippen molar-refractivity contribution < 1.29 is 22.3 Å². The van der Waals surface area contributed by atoms with Gasteiger partial charge in [0, 0.05) is 0 Å². The van der Waals surface area contributed by atoms with Crippen LogP contribution < -0.4 is 4.31 Å². The molecular formula is C36H29Cl2FN2O4S. The first-order valence-corrected chi connectivity index (χ1v) is 16.8. The summed E-state index contributed by atoms with van der Waals surface area (Å²) in [5.41, 5.74) is 2.66. The molecule has 1 aliphatic rings. The molecule has 0 aliphatic carbocycles. The Morgan fingerprint density at radius 2 is 1.35 bits per heavy atom. The molecule has 1 heterocycles. The fraction of sp³-hybridized carbons (Fsp3) is 0.139. The van der Waals surface area contributed by atoms with Crippen molar-refractivity contribution in [2.75, 3.05) is 17.4 Å². The van der Waals surface area contributed by atoms with Crippen LogP contribution in [0.2, 0.25) is 10.0 Å². The largest absolute Gasteiger partial charge is 0.362 e. The summed E-state index contributed by atoms with van der Waals surface area (Å²) in [7, 11) is -4.23. The highest BCUT2D eigenvalue weighted by Gasteiger charge is 2.35. The smallest absolute Gasteiger partial charge is 0.264 e. The molecule has 5 aromatic carbocycles. The summed E-state index contributed by atoms with van der Waals surface area (Å²) in [6.07, 6.45) is -1.04. The van der Waals surface area contributed by atoms with Gasteiger partial charge >= 0.3 is 0 Å². The number of nitrogens with zero attached hydrogens (tertiary/aromatic N) is 2. The minimum absolute atomic E-state index is 0.0143. The van der Waals surface area contributed by atoms with E-state index < -0.39 is 28.1 Å². The molecule has 1 amide bonds. The van der Waals surface area contributed by atoms with Crippen LogP contribution in [0.25, 0.3) is 0 Å². The van der Waals surface area contributed by atoms with Gasteiger partial charge in [0.25, 0.3) is 15.9 Å². The number of morpholine rings is 1. The molecule has 0 bridgehead atoms. The zero-order chi connectivity index (χ0) is 32.3. The highest BCUT2D eigenvalue weighted by Crippen LogP contribution is 2.36. The zero-order valence-electron chi connectivity index (χ0n) is 24.5. The van der Waals surface area contributed by atoms with Crippen LogP contribution in [0.15, 0.2) is 132 Å². The van der Waals surface area contributed by atoms with Gasteiger partial charge in [-0.2, -0.15) is 0 Å². The molecule has 0 spiro atoms. The summed E-state index contributed by atoms with van der Waals surface area (Å²) in [6.45, 7) is 0.370. The number of halogens is 3. The van der Waals surface area contributed by atoms with Crippen LogP contribution >= 0.6 is 23.2 Å². The molecule has 2 unspecified atom stereocenters. The Labute approximate surface area is 277 Å². The molecule has 0 N–H and O–H groups in total. The summed E-state index contributed by atoms with van der Waals surface area (Å²) >= 11 is 13.1. The van der Waals surface area contributed by atoms with E-state index in [1.165, 1.54) is 34.6 Å². The molecule has 0 aromatic heterocycles. The molecule has 1 aliphatic heterocycles. The SMILES string of the molecule is O=C(c1cc(S(=O)(=O)N(Cc2ccccc2)c2ccccc2Cl)ccc1Cl)N1CC(c2ccccc2)OC(c2ccc(F)cc2)C1. The number of carbonyl (C=O) groups excluding carboxylic acids is 1. The maximum absolute atomic E-state index is 14.3. The maximum Gasteiger partial charge on any atom is 0.264 e. The molecule has 46 heavy (non-hydrogen) atoms. The lowest BCUT2D eigenvalue weighted by atomic mass is 10.0. The predicted molar refractivity (Wildman–Crippen MR) is 178 cm³/mol. The number of amides is 1. The van der Waals surface area contributed by atoms with E-state index in [0.29, 0.717) is 11.3 Å². The van der Waals surface area contributed by atoms with Crippen LogP contribution in [0.1, 0.15) is 39.3 Å². The molecule has 6 rings (SSSR count). The number of sulfonamides is 1. The highest BCUT2D eigenvalue weighted by molar-refractivity contribution is 7.92. The summed E-state index contributed by atoms with van der Waals surface area (Å²) in [6, 6.07) is 35.4. The number of anilines is 1. The van der Waals surface area contributed by atoms with E-state index >= 15 is 0 Å². The molecule has 6 nitrogen and oxygen atoms in total. The van der Waals surface area contributed by atoms with Gasteiger partial charge in [0.1, 0.15) is 18.0 Å². The quantitative estimate of drug-likeness (QED) is 0.166. The predicted octanol–water partition coefficient (Wildman–Crippen LogP) is 8.48. The minimum atomic E-state index is -4.23. The van der Waals surface area contributed by atoms with E-state index in [-0.39, 0.29) is 46.0 Å². The molecule has 1 saturated heterocycles. The maximum atomic E-state index is 14.3. The van der Waals surface area contributed by atoms with Crippen LogP contribution in [0.3, 0.4) is 0 Å². The first kappa shape index (κ1) is 31.8. The van der Waals surface area contributed by atoms with Crippen molar-refractivity contribution in [2.45, 2.75) is 23.6 Å². The summed E-state index contributed by atoms with van der Waals surface area (Å²) in [5.74, 6) is -0.833. The molecule has 0 radical (unpaired) electrons. The second-order valence-electron chi connectivity index (χ2n) is 10.9. The summed E-state index contributed by atoms with van der Waals surface area (Å²) in [4.78, 5) is 15.7. The fourth-order valence-electron chi connectivity index (χ4n) is 5.47. The minimum Gasteiger partial charge on any atom is -0.362 e. The molecule has 1 fully saturated rings. The Morgan fingerprint density at radius 3 is 2.00 bits per heavy atom. The second kappa shape index (κ2) is 13.6. The van der Waals surface area contributed by atoms with E-state index in [0.717, 1.165) is 11.1 Å². The standard InChI is InChI=1S/C36H29Cl2FN2O4S/c37-31-20-19-29(46(43,44)41(22-25-9-3-1-4-10-25)33-14-8-7-13-32(33)38)21-30(31)36(42)40-23-34(26-11-5-2-6-12-26)45-35(24-40)27-15-17-28(39)18-16-27/h1-21,34-35H,22-24H2. The summed E-state index contributed by atoms with van der Waals surface area (Å²) < 4.78 is 50.0. The molecule has 234 valence electrons. The molecule has 10 heteroatoms. The van der Waals surface area contributed by atoms with Crippen molar-refractivity contribution in [2.24, 2.45) is 0 Å². The Hall–Kier alpha value is -4.21. The van der Waals surface area contributed by atoms with Crippen LogP contribution in [0.5, 0.6) is 0 Å². The van der Waals surface area contributed by atoms with Gasteiger partial charge in [-0.15, -0.1) is 0 Å². The lowest BCUT2D eigenvalue weighted by Gasteiger charge is -2.39. The average molecular weight is 676 g/mol. The van der Waals surface area contributed by atoms with Gasteiger partial charge in [0.15, 0.2) is 0 Å². The number of benzene rings is 5. The Kier molecular flexibility index (Phi) is 9.42. The van der Waals surface area contributed by atoms with Crippen LogP contribution in [-0.2, 0) is 21.3 Å². The lowest BCUT2D eigenvalue weighted by molar-refractivity contribution is -0.0797. The Morgan fingerprint density at radius 1 is 0.761 bits per heavy atom. The van der Waals surface area contributed by atoms with Gasteiger partial charge < -0.3 is 9.64 Å². The zero-order valence-corrected chi connectivity index (χ0v) is 26.8. The van der Waals surface area contributed by atoms with Gasteiger partial charge in [-0.05, 0) is 59.2 Å². The van der Waals surface area contributed by atoms with Crippen molar-refractivity contribution in [1.29, 1.82) is 0 Å². The number of rotatable bonds is 8. The number of para-hydroxylation sites is 1. The first-order chi connectivity index (χ1) is 22.2. The number of ether oxygens (including phenoxy) is 1. The van der Waals surface area contributed by atoms with E-state index in [1.807, 2.05) is 60.7 Å². The van der Waals surface area contributed by atoms with Crippen molar-refractivity contribution in [3.05, 3.63) is 166 Å². The lowest BCUT2D eigenvalue weighted by Crippen LogP contribution is -2.44. The number of hydrogen-bond acceptors (Lipinski definition) is 4. The van der Waals surface area contributed by atoms with Crippen molar-refractivity contribution in [3.63, 3.8) is 0 Å². The third-order valence-corrected chi connectivity index (χ3v) is 10.3. The van der Waals surface area contributed by atoms with E-state index in [1.54, 1.807) is 41.3 Å². The van der Waals surface area contributed by atoms with Gasteiger partial charge in [0.2, 0.25) is 0 Å². The first-order valence-electron chi connectivity index (χ1n) is 14.6. The van der Waals surface area contributed by atoms with E-state index in [2.05, 4.69) is 0 Å². The monoisotopic (exact) mass is 674 g/mol. The fourth-order valence-corrected chi connectivity index (χ4v) is 7.45. The van der Waals surface area contributed by atoms with Crippen molar-refractivity contribution >= 4 is 44.8 Å². The normalized spacial score (nSPS) is 16.6. The average Bonchev–Trinajstić information content (AvgIpc) is 3.08. The Bertz CT molecular complexity index is 1940. The van der Waals surface area contributed by atoms with Gasteiger partial charge in [-0.25, -0.2) is 12.8 Å². The number of hydrogen-bond donors (Lipinski definition) is 0. The summed E-state index contributed by atoms with van der Waals surface area (Å²) in [5, 5.41) is 0.372. The van der Waals surface area contributed by atoms with Crippen molar-refractivity contribution in [3.8, 4) is 0 Å².